The Balaban J connectivity index is 1.95. The van der Waals surface area contributed by atoms with Gasteiger partial charge in [0.15, 0.2) is 6.61 Å². The van der Waals surface area contributed by atoms with Crippen LogP contribution in [0.4, 0.5) is 0 Å². The average Bonchev–Trinajstić information content (AvgIpc) is 2.83. The maximum absolute atomic E-state index is 8.43. The van der Waals surface area contributed by atoms with Gasteiger partial charge in [0.25, 0.3) is 11.1 Å². The van der Waals surface area contributed by atoms with Crippen LogP contribution in [0, 0.1) is 11.3 Å². The second kappa shape index (κ2) is 6.66. The molecule has 1 aromatic carbocycles. The Hall–Kier alpha value is -1.42. The second-order valence-electron chi connectivity index (χ2n) is 3.27. The molecule has 2 aromatic rings. The van der Waals surface area contributed by atoms with E-state index in [0.717, 1.165) is 0 Å². The number of thioether (sulfide) groups is 1. The highest BCUT2D eigenvalue weighted by Crippen LogP contribution is 2.28. The molecule has 2 rings (SSSR count). The van der Waals surface area contributed by atoms with Crippen molar-refractivity contribution in [2.45, 2.75) is 11.8 Å². The highest BCUT2D eigenvalue weighted by molar-refractivity contribution is 7.99. The summed E-state index contributed by atoms with van der Waals surface area (Å²) in [4.78, 5) is 0. The molecule has 5 nitrogen and oxygen atoms in total. The molecule has 98 valence electrons. The molecule has 0 radical (unpaired) electrons. The van der Waals surface area contributed by atoms with Crippen LogP contribution in [0.1, 0.15) is 5.89 Å². The zero-order chi connectivity index (χ0) is 13.7. The van der Waals surface area contributed by atoms with E-state index in [0.29, 0.717) is 26.9 Å². The van der Waals surface area contributed by atoms with Gasteiger partial charge in [-0.05, 0) is 18.2 Å². The number of halogens is 2. The van der Waals surface area contributed by atoms with Gasteiger partial charge in [-0.3, -0.25) is 0 Å². The van der Waals surface area contributed by atoms with Crippen LogP contribution in [0.3, 0.4) is 0 Å². The Morgan fingerprint density at radius 1 is 1.37 bits per heavy atom. The van der Waals surface area contributed by atoms with Crippen molar-refractivity contribution in [1.29, 1.82) is 5.26 Å². The molecule has 0 saturated heterocycles. The van der Waals surface area contributed by atoms with E-state index in [4.69, 9.17) is 37.6 Å². The molecule has 19 heavy (non-hydrogen) atoms. The quantitative estimate of drug-likeness (QED) is 0.785. The zero-order valence-corrected chi connectivity index (χ0v) is 11.8. The van der Waals surface area contributed by atoms with Gasteiger partial charge < -0.3 is 9.15 Å². The van der Waals surface area contributed by atoms with Crippen molar-refractivity contribution in [2.24, 2.45) is 0 Å². The molecular weight excluding hydrogens is 309 g/mol. The fourth-order valence-electron chi connectivity index (χ4n) is 1.18. The Morgan fingerprint density at radius 2 is 2.21 bits per heavy atom. The lowest BCUT2D eigenvalue weighted by Gasteiger charge is -2.05. The molecule has 1 heterocycles. The number of nitrogens with zero attached hydrogens (tertiary/aromatic N) is 3. The number of hydrogen-bond acceptors (Lipinski definition) is 6. The minimum atomic E-state index is 0.0987. The van der Waals surface area contributed by atoms with Crippen molar-refractivity contribution < 1.29 is 9.15 Å². The van der Waals surface area contributed by atoms with E-state index in [9.17, 15) is 0 Å². The lowest BCUT2D eigenvalue weighted by Crippen LogP contribution is -1.96. The maximum Gasteiger partial charge on any atom is 0.277 e. The summed E-state index contributed by atoms with van der Waals surface area (Å²) in [5, 5.41) is 17.3. The summed E-state index contributed by atoms with van der Waals surface area (Å²) in [6, 6.07) is 6.88. The zero-order valence-electron chi connectivity index (χ0n) is 9.47. The molecule has 8 heteroatoms. The highest BCUT2D eigenvalue weighted by atomic mass is 35.5. The number of aromatic nitrogens is 2. The summed E-state index contributed by atoms with van der Waals surface area (Å²) in [6.07, 6.45) is 0. The molecule has 0 saturated carbocycles. The first-order chi connectivity index (χ1) is 9.19. The third-order valence-corrected chi connectivity index (χ3v) is 3.17. The van der Waals surface area contributed by atoms with Gasteiger partial charge >= 0.3 is 0 Å². The number of benzene rings is 1. The molecule has 0 aliphatic heterocycles. The molecular formula is C11H7Cl2N3O2S. The van der Waals surface area contributed by atoms with Crippen molar-refractivity contribution in [3.8, 4) is 11.8 Å². The van der Waals surface area contributed by atoms with Crippen LogP contribution in [-0.4, -0.2) is 16.0 Å². The van der Waals surface area contributed by atoms with E-state index in [1.807, 2.05) is 6.07 Å². The van der Waals surface area contributed by atoms with Gasteiger partial charge in [-0.1, -0.05) is 35.0 Å². The van der Waals surface area contributed by atoms with Crippen molar-refractivity contribution in [1.82, 2.24) is 10.2 Å². The number of ether oxygens (including phenoxy) is 1. The molecule has 0 atom stereocenters. The van der Waals surface area contributed by atoms with E-state index in [1.165, 1.54) is 11.8 Å². The summed E-state index contributed by atoms with van der Waals surface area (Å²) < 4.78 is 10.7. The monoisotopic (exact) mass is 315 g/mol. The van der Waals surface area contributed by atoms with Crippen molar-refractivity contribution in [3.05, 3.63) is 34.1 Å². The van der Waals surface area contributed by atoms with Crippen molar-refractivity contribution in [2.75, 3.05) is 5.75 Å². The van der Waals surface area contributed by atoms with E-state index in [-0.39, 0.29) is 12.4 Å². The standard InChI is InChI=1S/C11H7Cl2N3O2S/c12-7-1-2-9(8(13)5-7)17-6-10-15-16-11(18-10)19-4-3-14/h1-2,5H,4,6H2. The fraction of sp³-hybridized carbons (Fsp3) is 0.182. The van der Waals surface area contributed by atoms with Crippen LogP contribution in [-0.2, 0) is 6.61 Å². The van der Waals surface area contributed by atoms with Gasteiger partial charge in [-0.25, -0.2) is 0 Å². The SMILES string of the molecule is N#CCSc1nnc(COc2ccc(Cl)cc2Cl)o1. The van der Waals surface area contributed by atoms with Gasteiger partial charge in [0.1, 0.15) is 5.75 Å². The molecule has 0 fully saturated rings. The fourth-order valence-corrected chi connectivity index (χ4v) is 2.09. The first-order valence-electron chi connectivity index (χ1n) is 5.09. The van der Waals surface area contributed by atoms with Crippen molar-refractivity contribution in [3.63, 3.8) is 0 Å². The van der Waals surface area contributed by atoms with Gasteiger partial charge in [0, 0.05) is 5.02 Å². The third kappa shape index (κ3) is 4.03. The van der Waals surface area contributed by atoms with E-state index in [2.05, 4.69) is 10.2 Å². The molecule has 1 aromatic heterocycles. The third-order valence-electron chi connectivity index (χ3n) is 1.95. The molecule has 0 N–H and O–H groups in total. The van der Waals surface area contributed by atoms with Crippen LogP contribution >= 0.6 is 35.0 Å². The van der Waals surface area contributed by atoms with E-state index >= 15 is 0 Å². The highest BCUT2D eigenvalue weighted by Gasteiger charge is 2.08. The summed E-state index contributed by atoms with van der Waals surface area (Å²) >= 11 is 12.9. The van der Waals surface area contributed by atoms with Gasteiger partial charge in [-0.2, -0.15) is 5.26 Å². The lowest BCUT2D eigenvalue weighted by atomic mass is 10.3. The molecule has 0 amide bonds. The summed E-state index contributed by atoms with van der Waals surface area (Å²) in [5.41, 5.74) is 0. The van der Waals surface area contributed by atoms with Crippen LogP contribution < -0.4 is 4.74 Å². The Bertz CT molecular complexity index is 612. The minimum Gasteiger partial charge on any atom is -0.482 e. The Morgan fingerprint density at radius 3 is 2.95 bits per heavy atom. The van der Waals surface area contributed by atoms with Crippen molar-refractivity contribution >= 4 is 35.0 Å². The largest absolute Gasteiger partial charge is 0.482 e. The first-order valence-corrected chi connectivity index (χ1v) is 6.83. The number of rotatable bonds is 5. The smallest absolute Gasteiger partial charge is 0.277 e. The van der Waals surface area contributed by atoms with Crippen LogP contribution in [0.25, 0.3) is 0 Å². The van der Waals surface area contributed by atoms with Gasteiger partial charge in [0.05, 0.1) is 16.8 Å². The predicted octanol–water partition coefficient (Wildman–Crippen LogP) is 3.57. The average molecular weight is 316 g/mol. The minimum absolute atomic E-state index is 0.0987. The Labute approximate surface area is 123 Å². The molecule has 0 aliphatic carbocycles. The molecule has 0 bridgehead atoms. The van der Waals surface area contributed by atoms with Crippen LogP contribution in [0.2, 0.25) is 10.0 Å². The van der Waals surface area contributed by atoms with E-state index in [1.54, 1.807) is 18.2 Å². The predicted molar refractivity (Wildman–Crippen MR) is 71.4 cm³/mol. The summed E-state index contributed by atoms with van der Waals surface area (Å²) in [6.45, 7) is 0.0987. The molecule has 0 spiro atoms. The first kappa shape index (κ1) is 14.0. The normalized spacial score (nSPS) is 10.2. The van der Waals surface area contributed by atoms with E-state index < -0.39 is 0 Å². The maximum atomic E-state index is 8.43. The number of hydrogen-bond donors (Lipinski definition) is 0. The molecule has 0 aliphatic rings. The van der Waals surface area contributed by atoms with Crippen LogP contribution in [0.15, 0.2) is 27.8 Å². The topological polar surface area (TPSA) is 71.9 Å². The lowest BCUT2D eigenvalue weighted by molar-refractivity contribution is 0.252. The number of nitriles is 1. The molecule has 0 unspecified atom stereocenters. The summed E-state index contributed by atoms with van der Waals surface area (Å²) in [5.74, 6) is 1.05. The summed E-state index contributed by atoms with van der Waals surface area (Å²) in [7, 11) is 0. The van der Waals surface area contributed by atoms with Gasteiger partial charge in [-0.15, -0.1) is 10.2 Å². The van der Waals surface area contributed by atoms with Crippen LogP contribution in [0.5, 0.6) is 5.75 Å². The van der Waals surface area contributed by atoms with Gasteiger partial charge in [0.2, 0.25) is 0 Å². The second-order valence-corrected chi connectivity index (χ2v) is 5.04. The Kier molecular flexibility index (Phi) is 4.91.